The molecule has 0 saturated heterocycles. The van der Waals surface area contributed by atoms with Gasteiger partial charge in [-0.3, -0.25) is 4.98 Å². The molecule has 0 radical (unpaired) electrons. The Morgan fingerprint density at radius 1 is 0.679 bits per heavy atom. The molecule has 262 valence electrons. The number of para-hydroxylation sites is 3. The molecule has 0 saturated carbocycles. The monoisotopic (exact) mass is 869 g/mol. The van der Waals surface area contributed by atoms with Crippen LogP contribution in [0.2, 0.25) is 0 Å². The predicted octanol–water partition coefficient (Wildman–Crippen LogP) is 11.6. The van der Waals surface area contributed by atoms with Crippen molar-refractivity contribution in [2.75, 3.05) is 9.80 Å². The van der Waals surface area contributed by atoms with E-state index in [-0.39, 0.29) is 26.5 Å². The van der Waals surface area contributed by atoms with Gasteiger partial charge in [-0.1, -0.05) is 74.8 Å². The summed E-state index contributed by atoms with van der Waals surface area (Å²) < 4.78 is 15.1. The first-order chi connectivity index (χ1) is 25.4. The van der Waals surface area contributed by atoms with Gasteiger partial charge in [0, 0.05) is 66.9 Å². The van der Waals surface area contributed by atoms with Crippen molar-refractivity contribution < 1.29 is 30.2 Å². The van der Waals surface area contributed by atoms with Crippen LogP contribution in [0.3, 0.4) is 0 Å². The molecule has 0 N–H and O–H groups in total. The number of aromatic nitrogens is 3. The summed E-state index contributed by atoms with van der Waals surface area (Å²) in [4.78, 5) is 13.5. The SMILES string of the molecule is CC(C)(C)c1ccnc(-n2c3[c-]c(Oc4[c-]c(N5[CH-]N(c6cccc7c6oc6ccccc67)c6cnccc65)ccc4)ccc3c3ccccc32)c1.[Pt]. The Hall–Kier alpha value is -5.91. The van der Waals surface area contributed by atoms with E-state index in [4.69, 9.17) is 14.1 Å². The Labute approximate surface area is 321 Å². The second-order valence-corrected chi connectivity index (χ2v) is 14.1. The van der Waals surface area contributed by atoms with Crippen LogP contribution in [0.1, 0.15) is 26.3 Å². The van der Waals surface area contributed by atoms with Gasteiger partial charge in [0.1, 0.15) is 11.4 Å². The van der Waals surface area contributed by atoms with E-state index in [1.54, 1.807) is 6.20 Å². The molecule has 0 atom stereocenters. The van der Waals surface area contributed by atoms with E-state index in [2.05, 4.69) is 126 Å². The third kappa shape index (κ3) is 5.46. The summed E-state index contributed by atoms with van der Waals surface area (Å²) in [7, 11) is 0. The summed E-state index contributed by atoms with van der Waals surface area (Å²) in [5.74, 6) is 2.01. The van der Waals surface area contributed by atoms with Gasteiger partial charge < -0.3 is 23.5 Å². The largest absolute Gasteiger partial charge is 0.509 e. The smallest absolute Gasteiger partial charge is 0.156 e. The van der Waals surface area contributed by atoms with E-state index in [0.29, 0.717) is 11.5 Å². The molecule has 53 heavy (non-hydrogen) atoms. The minimum atomic E-state index is -0.0170. The summed E-state index contributed by atoms with van der Waals surface area (Å²) in [6, 6.07) is 46.1. The van der Waals surface area contributed by atoms with Crippen LogP contribution in [0, 0.1) is 18.8 Å². The number of benzene rings is 5. The number of rotatable bonds is 5. The molecule has 7 nitrogen and oxygen atoms in total. The third-order valence-corrected chi connectivity index (χ3v) is 9.80. The first kappa shape index (κ1) is 33.0. The summed E-state index contributed by atoms with van der Waals surface area (Å²) in [5.41, 5.74) is 8.50. The maximum absolute atomic E-state index is 6.52. The zero-order valence-electron chi connectivity index (χ0n) is 29.1. The zero-order chi connectivity index (χ0) is 35.0. The number of anilines is 4. The minimum Gasteiger partial charge on any atom is -0.509 e. The maximum Gasteiger partial charge on any atom is 0.156 e. The fourth-order valence-corrected chi connectivity index (χ4v) is 7.25. The Balaban J connectivity index is 0.00000372. The van der Waals surface area contributed by atoms with Crippen molar-refractivity contribution in [2.45, 2.75) is 26.2 Å². The molecule has 5 aromatic carbocycles. The Bertz CT molecular complexity index is 2830. The van der Waals surface area contributed by atoms with E-state index in [9.17, 15) is 0 Å². The standard InChI is InChI=1S/C45H32N5O2.Pt/c1-45(2,3)29-20-23-47-43(24-29)50-37-15-6-4-12-33(37)34-19-18-32(26-40(34)50)51-31-11-8-10-30(25-31)48-28-49(41-27-46-22-21-38(41)48)39-16-9-14-36-35-13-5-7-17-42(35)52-44(36)39;/h4-24,27-28H,1-3H3;/q-3;. The molecular formula is C45H32N5O2Pt-3. The van der Waals surface area contributed by atoms with Crippen LogP contribution >= 0.6 is 0 Å². The van der Waals surface area contributed by atoms with Crippen molar-refractivity contribution >= 4 is 66.5 Å². The van der Waals surface area contributed by atoms with Gasteiger partial charge in [-0.05, 0) is 52.8 Å². The summed E-state index contributed by atoms with van der Waals surface area (Å²) in [5, 5.41) is 4.37. The number of pyridine rings is 2. The summed E-state index contributed by atoms with van der Waals surface area (Å²) >= 11 is 0. The van der Waals surface area contributed by atoms with Crippen molar-refractivity contribution in [3.05, 3.63) is 158 Å². The normalized spacial score (nSPS) is 12.9. The van der Waals surface area contributed by atoms with Gasteiger partial charge in [-0.15, -0.1) is 48.1 Å². The van der Waals surface area contributed by atoms with E-state index in [0.717, 1.165) is 72.3 Å². The van der Waals surface area contributed by atoms with Crippen LogP contribution in [0.15, 0.2) is 138 Å². The summed E-state index contributed by atoms with van der Waals surface area (Å²) in [6.45, 7) is 8.71. The molecule has 8 heteroatoms. The number of hydrogen-bond acceptors (Lipinski definition) is 6. The molecule has 4 aromatic heterocycles. The van der Waals surface area contributed by atoms with Gasteiger partial charge >= 0.3 is 0 Å². The van der Waals surface area contributed by atoms with Gasteiger partial charge in [0.05, 0.1) is 17.6 Å². The van der Waals surface area contributed by atoms with Crippen molar-refractivity contribution in [1.29, 1.82) is 0 Å². The van der Waals surface area contributed by atoms with Gasteiger partial charge in [-0.25, -0.2) is 4.98 Å². The van der Waals surface area contributed by atoms with Crippen LogP contribution in [-0.2, 0) is 26.5 Å². The Morgan fingerprint density at radius 2 is 1.47 bits per heavy atom. The van der Waals surface area contributed by atoms with Crippen molar-refractivity contribution in [1.82, 2.24) is 14.5 Å². The van der Waals surface area contributed by atoms with Gasteiger partial charge in [-0.2, -0.15) is 12.1 Å². The molecule has 1 aliphatic rings. The number of fused-ring (bicyclic) bond motifs is 7. The minimum absolute atomic E-state index is 0. The van der Waals surface area contributed by atoms with Crippen LogP contribution in [0.5, 0.6) is 11.5 Å². The first-order valence-corrected chi connectivity index (χ1v) is 17.3. The fourth-order valence-electron chi connectivity index (χ4n) is 7.25. The van der Waals surface area contributed by atoms with Crippen LogP contribution in [-0.4, -0.2) is 14.5 Å². The molecule has 10 rings (SSSR count). The van der Waals surface area contributed by atoms with E-state index >= 15 is 0 Å². The molecule has 1 aliphatic heterocycles. The second-order valence-electron chi connectivity index (χ2n) is 14.1. The van der Waals surface area contributed by atoms with Crippen molar-refractivity contribution in [3.63, 3.8) is 0 Å². The number of nitrogens with zero attached hydrogens (tertiary/aromatic N) is 5. The molecule has 0 amide bonds. The second kappa shape index (κ2) is 12.6. The molecule has 0 unspecified atom stereocenters. The van der Waals surface area contributed by atoms with Gasteiger partial charge in [0.2, 0.25) is 0 Å². The van der Waals surface area contributed by atoms with E-state index in [1.807, 2.05) is 60.9 Å². The fraction of sp³-hybridized carbons (Fsp3) is 0.0889. The quantitative estimate of drug-likeness (QED) is 0.161. The molecule has 9 aromatic rings. The van der Waals surface area contributed by atoms with Gasteiger partial charge in [0.25, 0.3) is 0 Å². The maximum atomic E-state index is 6.52. The van der Waals surface area contributed by atoms with Crippen molar-refractivity contribution in [3.8, 4) is 17.3 Å². The molecule has 0 fully saturated rings. The first-order valence-electron chi connectivity index (χ1n) is 17.3. The van der Waals surface area contributed by atoms with E-state index < -0.39 is 0 Å². The van der Waals surface area contributed by atoms with Crippen LogP contribution < -0.4 is 14.5 Å². The van der Waals surface area contributed by atoms with Gasteiger partial charge in [0.15, 0.2) is 5.58 Å². The summed E-state index contributed by atoms with van der Waals surface area (Å²) in [6.07, 6.45) is 5.57. The molecule has 5 heterocycles. The Morgan fingerprint density at radius 3 is 2.36 bits per heavy atom. The third-order valence-electron chi connectivity index (χ3n) is 9.80. The molecule has 0 bridgehead atoms. The molecule has 0 aliphatic carbocycles. The average molecular weight is 870 g/mol. The number of hydrogen-bond donors (Lipinski definition) is 0. The number of furan rings is 1. The topological polar surface area (TPSA) is 59.6 Å². The van der Waals surface area contributed by atoms with Crippen molar-refractivity contribution in [2.24, 2.45) is 0 Å². The number of ether oxygens (including phenoxy) is 1. The zero-order valence-corrected chi connectivity index (χ0v) is 31.4. The molecular weight excluding hydrogens is 838 g/mol. The van der Waals surface area contributed by atoms with Crippen LogP contribution in [0.4, 0.5) is 22.7 Å². The predicted molar refractivity (Wildman–Crippen MR) is 208 cm³/mol. The average Bonchev–Trinajstić information content (AvgIpc) is 3.84. The van der Waals surface area contributed by atoms with Crippen LogP contribution in [0.25, 0.3) is 49.6 Å². The Kier molecular flexibility index (Phi) is 7.86. The molecule has 0 spiro atoms. The van der Waals surface area contributed by atoms with E-state index in [1.165, 1.54) is 5.56 Å².